The summed E-state index contributed by atoms with van der Waals surface area (Å²) in [6, 6.07) is 136. The van der Waals surface area contributed by atoms with Gasteiger partial charge in [-0.2, -0.15) is 0 Å². The van der Waals surface area contributed by atoms with Crippen molar-refractivity contribution >= 4 is 97.7 Å². The molecule has 25 rings (SSSR count). The largest absolute Gasteiger partial charge is 0.456 e. The summed E-state index contributed by atoms with van der Waals surface area (Å²) >= 11 is 0. The predicted molar refractivity (Wildman–Crippen MR) is 557 cm³/mol. The van der Waals surface area contributed by atoms with E-state index >= 15 is 0 Å². The number of para-hydroxylation sites is 2. The van der Waals surface area contributed by atoms with E-state index in [2.05, 4.69) is 432 Å². The molecule has 0 bridgehead atoms. The van der Waals surface area contributed by atoms with Gasteiger partial charge in [-0.3, -0.25) is 0 Å². The molecule has 8 heteroatoms. The second-order valence-electron chi connectivity index (χ2n) is 39.7. The van der Waals surface area contributed by atoms with Crippen molar-refractivity contribution in [3.8, 4) is 146 Å². The lowest BCUT2D eigenvalue weighted by molar-refractivity contribution is 0.332. The van der Waals surface area contributed by atoms with E-state index in [4.69, 9.17) is 38.7 Å². The van der Waals surface area contributed by atoms with Crippen molar-refractivity contribution in [3.63, 3.8) is 0 Å². The van der Waals surface area contributed by atoms with Gasteiger partial charge in [-0.1, -0.05) is 359 Å². The summed E-state index contributed by atoms with van der Waals surface area (Å²) < 4.78 is 13.7. The van der Waals surface area contributed by atoms with Crippen molar-refractivity contribution in [2.24, 2.45) is 0 Å². The monoisotopic (exact) mass is 1720 g/mol. The Balaban J connectivity index is 0.542. The van der Waals surface area contributed by atoms with E-state index in [-0.39, 0.29) is 21.7 Å². The van der Waals surface area contributed by atoms with Crippen LogP contribution >= 0.6 is 0 Å². The van der Waals surface area contributed by atoms with E-state index in [1.165, 1.54) is 27.8 Å². The molecule has 0 atom stereocenters. The highest BCUT2D eigenvalue weighted by molar-refractivity contribution is 6.19. The molecule has 0 aliphatic heterocycles. The van der Waals surface area contributed by atoms with Crippen LogP contribution in [-0.2, 0) is 21.7 Å². The minimum absolute atomic E-state index is 0.0359. The maximum Gasteiger partial charge on any atom is 0.164 e. The van der Waals surface area contributed by atoms with E-state index in [0.29, 0.717) is 34.9 Å². The Hall–Kier alpha value is -15.9. The molecule has 0 fully saturated rings. The molecule has 23 aromatic rings. The first-order valence-corrected chi connectivity index (χ1v) is 46.9. The molecule has 0 saturated heterocycles. The summed E-state index contributed by atoms with van der Waals surface area (Å²) in [7, 11) is 0. The Bertz CT molecular complexity index is 8810. The first-order chi connectivity index (χ1) is 65.3. The van der Waals surface area contributed by atoms with Crippen molar-refractivity contribution in [3.05, 3.63) is 398 Å². The van der Waals surface area contributed by atoms with Crippen molar-refractivity contribution in [2.45, 2.75) is 103 Å². The van der Waals surface area contributed by atoms with Gasteiger partial charge in [0.25, 0.3) is 0 Å². The third kappa shape index (κ3) is 13.7. The predicted octanol–water partition coefficient (Wildman–Crippen LogP) is 34.0. The summed E-state index contributed by atoms with van der Waals surface area (Å²) in [6.07, 6.45) is 4.59. The van der Waals surface area contributed by atoms with Gasteiger partial charge < -0.3 is 8.83 Å². The number of aromatic nitrogens is 6. The summed E-state index contributed by atoms with van der Waals surface area (Å²) in [5.74, 6) is 3.55. The molecule has 134 heavy (non-hydrogen) atoms. The van der Waals surface area contributed by atoms with Crippen LogP contribution in [0.4, 0.5) is 0 Å². The molecule has 0 unspecified atom stereocenters. The van der Waals surface area contributed by atoms with Crippen LogP contribution in [0.3, 0.4) is 0 Å². The molecular weight excluding hydrogens is 1630 g/mol. The van der Waals surface area contributed by atoms with Crippen LogP contribution in [0.15, 0.2) is 385 Å². The highest BCUT2D eigenvalue weighted by Crippen LogP contribution is 2.53. The molecular formula is C126H94N6O2. The highest BCUT2D eigenvalue weighted by atomic mass is 16.3. The molecule has 19 aromatic carbocycles. The van der Waals surface area contributed by atoms with Crippen LogP contribution in [0.1, 0.15) is 103 Å². The van der Waals surface area contributed by atoms with Crippen LogP contribution < -0.4 is 0 Å². The second-order valence-corrected chi connectivity index (χ2v) is 39.7. The Kier molecular flexibility index (Phi) is 18.5. The lowest BCUT2D eigenvalue weighted by Crippen LogP contribution is -2.33. The molecule has 2 aliphatic rings. The van der Waals surface area contributed by atoms with Gasteiger partial charge in [0.15, 0.2) is 34.9 Å². The molecule has 8 nitrogen and oxygen atoms in total. The standard InChI is InChI=1S/C126H94N6O2/c1-123(2)61-63-125(5,6)110-72-85(52-59-108(110)123)91-69-106(115-104-33-19-21-36-113(104)133-114(115)74-91)100-56-58-103(99-31-17-15-29-97(99)100)122-130-117(79-42-37-77(38-43-79)75-23-10-9-11-24-75)128-120(132-122)90-50-47-83-66-87(48-46-84(83)68-90)93-34-22-27-86-65-82(51-54-94(86)93)78-39-44-80(45-40-78)118-127-119(89-49-41-76-25-12-13-26-81(76)67-89)131-121(129-118)102-57-55-95(96-28-14-16-30-98(96)102)92-70-105(116-107(71-92)101-32-18-20-35-112(101)134-116)88-53-60-109-111(73-88)126(7,8)64-62-124(109,3)4/h9-60,65-74H,61-64H2,1-8H3. The van der Waals surface area contributed by atoms with Crippen molar-refractivity contribution in [1.29, 1.82) is 0 Å². The van der Waals surface area contributed by atoms with Gasteiger partial charge in [0.2, 0.25) is 0 Å². The number of furan rings is 2. The van der Waals surface area contributed by atoms with Crippen LogP contribution in [0.25, 0.3) is 244 Å². The fourth-order valence-electron chi connectivity index (χ4n) is 21.8. The zero-order chi connectivity index (χ0) is 90.0. The van der Waals surface area contributed by atoms with E-state index in [1.807, 2.05) is 0 Å². The van der Waals surface area contributed by atoms with E-state index in [1.54, 1.807) is 0 Å². The molecule has 0 amide bonds. The molecule has 0 radical (unpaired) electrons. The van der Waals surface area contributed by atoms with Gasteiger partial charge >= 0.3 is 0 Å². The number of fused-ring (bicyclic) bond motifs is 13. The van der Waals surface area contributed by atoms with Gasteiger partial charge in [0.1, 0.15) is 22.3 Å². The summed E-state index contributed by atoms with van der Waals surface area (Å²) in [4.78, 5) is 32.5. The topological polar surface area (TPSA) is 104 Å². The minimum Gasteiger partial charge on any atom is -0.456 e. The van der Waals surface area contributed by atoms with Crippen LogP contribution in [0, 0.1) is 0 Å². The number of hydrogen-bond donors (Lipinski definition) is 0. The van der Waals surface area contributed by atoms with E-state index in [9.17, 15) is 0 Å². The zero-order valence-corrected chi connectivity index (χ0v) is 76.1. The van der Waals surface area contributed by atoms with Crippen molar-refractivity contribution in [1.82, 2.24) is 29.9 Å². The van der Waals surface area contributed by atoms with Crippen LogP contribution in [0.5, 0.6) is 0 Å². The third-order valence-electron chi connectivity index (χ3n) is 29.5. The Morgan fingerprint density at radius 3 is 1.18 bits per heavy atom. The van der Waals surface area contributed by atoms with Crippen LogP contribution in [0.2, 0.25) is 0 Å². The molecule has 0 N–H and O–H groups in total. The lowest BCUT2D eigenvalue weighted by atomic mass is 9.63. The molecule has 0 spiro atoms. The zero-order valence-electron chi connectivity index (χ0n) is 76.1. The average molecular weight is 1720 g/mol. The number of nitrogens with zero attached hydrogens (tertiary/aromatic N) is 6. The fourth-order valence-corrected chi connectivity index (χ4v) is 21.8. The normalized spacial score (nSPS) is 14.4. The fraction of sp³-hybridized carbons (Fsp3) is 0.127. The first-order valence-electron chi connectivity index (χ1n) is 46.9. The average Bonchev–Trinajstić information content (AvgIpc) is 1.45. The lowest BCUT2D eigenvalue weighted by Gasteiger charge is -2.42. The number of hydrogen-bond acceptors (Lipinski definition) is 8. The third-order valence-corrected chi connectivity index (χ3v) is 29.5. The Morgan fingerprint density at radius 2 is 0.560 bits per heavy atom. The summed E-state index contributed by atoms with van der Waals surface area (Å²) in [5.41, 5.74) is 30.6. The van der Waals surface area contributed by atoms with Gasteiger partial charge in [0.05, 0.1) is 0 Å². The van der Waals surface area contributed by atoms with Gasteiger partial charge in [-0.05, 0) is 269 Å². The summed E-state index contributed by atoms with van der Waals surface area (Å²) in [6.45, 7) is 19.2. The van der Waals surface area contributed by atoms with Gasteiger partial charge in [0, 0.05) is 60.5 Å². The first kappa shape index (κ1) is 80.2. The van der Waals surface area contributed by atoms with Gasteiger partial charge in [-0.15, -0.1) is 0 Å². The van der Waals surface area contributed by atoms with Crippen LogP contribution in [-0.4, -0.2) is 29.9 Å². The Labute approximate surface area is 778 Å². The van der Waals surface area contributed by atoms with E-state index < -0.39 is 0 Å². The molecule has 4 aromatic heterocycles. The smallest absolute Gasteiger partial charge is 0.164 e. The quantitative estimate of drug-likeness (QED) is 0.112. The van der Waals surface area contributed by atoms with Gasteiger partial charge in [-0.25, -0.2) is 29.9 Å². The minimum atomic E-state index is 0.0359. The van der Waals surface area contributed by atoms with E-state index in [0.717, 1.165) is 229 Å². The maximum absolute atomic E-state index is 6.87. The highest BCUT2D eigenvalue weighted by Gasteiger charge is 2.39. The molecule has 4 heterocycles. The Morgan fingerprint density at radius 1 is 0.179 bits per heavy atom. The van der Waals surface area contributed by atoms with Crippen molar-refractivity contribution < 1.29 is 8.83 Å². The maximum atomic E-state index is 6.87. The molecule has 2 aliphatic carbocycles. The SMILES string of the molecule is CC1(C)CCC(C)(C)c2cc(-c3cc(-c4ccc(-c5nc(-c6ccc(-c7ccccc7)cc6)nc(-c6ccc7cc(-c8cccc9cc(-c%10ccc(-c%11nc(-c%12ccc%13ccccc%13c%12)nc(-c%12ccc(-c%13cc(-c%14ccc%15c(c%14)C(C)(C)CCC%15(C)C)c%14oc%15ccccc%15c%14c%13)c%13ccccc%12%13)n%11)cc%10)ccc89)ccc7c6)n5)c5ccccc45)c4c(c3)oc3ccccc34)ccc21. The summed E-state index contributed by atoms with van der Waals surface area (Å²) in [5, 5.41) is 15.4. The number of rotatable bonds is 13. The molecule has 0 saturated carbocycles. The molecule has 640 valence electrons. The number of benzene rings is 19. The van der Waals surface area contributed by atoms with Crippen molar-refractivity contribution in [2.75, 3.05) is 0 Å². The second kappa shape index (κ2) is 30.9.